The number of nitrogens with one attached hydrogen (secondary N) is 2. The molecule has 96 valence electrons. The van der Waals surface area contributed by atoms with Gasteiger partial charge < -0.3 is 5.73 Å². The lowest BCUT2D eigenvalue weighted by Gasteiger charge is -1.99. The number of aromatic amines is 1. The van der Waals surface area contributed by atoms with Gasteiger partial charge in [-0.3, -0.25) is 24.5 Å². The third-order valence-electron chi connectivity index (χ3n) is 1.73. The van der Waals surface area contributed by atoms with Crippen molar-refractivity contribution in [3.63, 3.8) is 0 Å². The normalized spacial score (nSPS) is 10.4. The monoisotopic (exact) mass is 256 g/mol. The number of nitrogens with two attached hydrogens (primary N) is 1. The predicted molar refractivity (Wildman–Crippen MR) is 59.2 cm³/mol. The van der Waals surface area contributed by atoms with Crippen LogP contribution in [-0.2, 0) is 6.54 Å². The highest BCUT2D eigenvalue weighted by Crippen LogP contribution is 1.97. The molecule has 0 unspecified atom stereocenters. The molecule has 18 heavy (non-hydrogen) atoms. The fourth-order valence-corrected chi connectivity index (χ4v) is 1.00. The van der Waals surface area contributed by atoms with Crippen molar-refractivity contribution >= 4 is 17.9 Å². The van der Waals surface area contributed by atoms with Crippen molar-refractivity contribution in [1.29, 1.82) is 0 Å². The average molecular weight is 256 g/mol. The second kappa shape index (κ2) is 5.38. The molecular weight excluding hydrogens is 248 g/mol. The van der Waals surface area contributed by atoms with E-state index in [1.165, 1.54) is 0 Å². The summed E-state index contributed by atoms with van der Waals surface area (Å²) in [6, 6.07) is -0.897. The van der Waals surface area contributed by atoms with Crippen LogP contribution >= 0.6 is 0 Å². The number of rotatable bonds is 4. The van der Waals surface area contributed by atoms with Crippen LogP contribution in [0.5, 0.6) is 0 Å². The number of hydrogen-bond acceptors (Lipinski definition) is 6. The first kappa shape index (κ1) is 13.1. The molecule has 1 rings (SSSR count). The number of nitro groups is 1. The Morgan fingerprint density at radius 3 is 2.89 bits per heavy atom. The number of carbonyl (C=O) groups is 1. The summed E-state index contributed by atoms with van der Waals surface area (Å²) in [5, 5.41) is 13.8. The lowest BCUT2D eigenvalue weighted by molar-refractivity contribution is -0.386. The molecule has 0 bridgehead atoms. The van der Waals surface area contributed by atoms with Crippen LogP contribution in [0.25, 0.3) is 0 Å². The molecule has 4 N–H and O–H groups in total. The first-order chi connectivity index (χ1) is 8.41. The summed E-state index contributed by atoms with van der Waals surface area (Å²) in [7, 11) is 0. The number of H-pyrrole nitrogens is 1. The third kappa shape index (κ3) is 3.26. The van der Waals surface area contributed by atoms with Crippen molar-refractivity contribution in [3.05, 3.63) is 37.1 Å². The largest absolute Gasteiger partial charge is 0.350 e. The minimum Gasteiger partial charge on any atom is -0.350 e. The predicted octanol–water partition coefficient (Wildman–Crippen LogP) is -1.90. The molecule has 1 aromatic rings. The Labute approximate surface area is 98.1 Å². The van der Waals surface area contributed by atoms with Crippen molar-refractivity contribution < 1.29 is 9.72 Å². The van der Waals surface area contributed by atoms with E-state index in [-0.39, 0.29) is 6.54 Å². The Balaban J connectivity index is 2.96. The topological polar surface area (TPSA) is 165 Å². The summed E-state index contributed by atoms with van der Waals surface area (Å²) in [5.74, 6) is 0. The Morgan fingerprint density at radius 2 is 2.33 bits per heavy atom. The van der Waals surface area contributed by atoms with Gasteiger partial charge in [0.05, 0.1) is 17.7 Å². The zero-order valence-electron chi connectivity index (χ0n) is 8.82. The van der Waals surface area contributed by atoms with Gasteiger partial charge in [-0.25, -0.2) is 15.0 Å². The molecule has 1 heterocycles. The third-order valence-corrected chi connectivity index (χ3v) is 1.73. The number of nitrogens with zero attached hydrogens (tertiary/aromatic N) is 3. The molecule has 0 fully saturated rings. The standard InChI is InChI=1S/C7H8N6O5/c8-6(15)11-9-1-2-12-3-4(13(17)18)5(14)10-7(12)16/h1,3H,2H2,(H3,8,11,15)(H,10,14,16). The highest BCUT2D eigenvalue weighted by Gasteiger charge is 2.14. The zero-order chi connectivity index (χ0) is 13.7. The van der Waals surface area contributed by atoms with E-state index in [2.05, 4.69) is 5.10 Å². The summed E-state index contributed by atoms with van der Waals surface area (Å²) in [6.45, 7) is -0.184. The van der Waals surface area contributed by atoms with E-state index in [0.29, 0.717) is 0 Å². The molecule has 0 spiro atoms. The maximum atomic E-state index is 11.3. The van der Waals surface area contributed by atoms with Crippen LogP contribution in [0, 0.1) is 10.1 Å². The number of amides is 2. The number of hydrazone groups is 1. The Morgan fingerprint density at radius 1 is 1.67 bits per heavy atom. The van der Waals surface area contributed by atoms with Gasteiger partial charge in [0.25, 0.3) is 0 Å². The van der Waals surface area contributed by atoms with E-state index >= 15 is 0 Å². The smallest absolute Gasteiger partial charge is 0.350 e. The van der Waals surface area contributed by atoms with Crippen LogP contribution in [0.15, 0.2) is 20.9 Å². The summed E-state index contributed by atoms with van der Waals surface area (Å²) in [5.41, 5.74) is 3.89. The van der Waals surface area contributed by atoms with E-state index in [4.69, 9.17) is 5.73 Å². The minimum absolute atomic E-state index is 0.184. The van der Waals surface area contributed by atoms with Gasteiger partial charge in [0.2, 0.25) is 0 Å². The van der Waals surface area contributed by atoms with Crippen molar-refractivity contribution in [1.82, 2.24) is 15.0 Å². The van der Waals surface area contributed by atoms with Crippen molar-refractivity contribution in [2.24, 2.45) is 10.8 Å². The second-order valence-electron chi connectivity index (χ2n) is 2.97. The first-order valence-electron chi connectivity index (χ1n) is 4.47. The maximum absolute atomic E-state index is 11.3. The molecule has 0 saturated heterocycles. The summed E-state index contributed by atoms with van der Waals surface area (Å²) >= 11 is 0. The lowest BCUT2D eigenvalue weighted by atomic mass is 10.5. The quantitative estimate of drug-likeness (QED) is 0.324. The first-order valence-corrected chi connectivity index (χ1v) is 4.47. The summed E-state index contributed by atoms with van der Waals surface area (Å²) in [6.07, 6.45) is 1.85. The molecule has 0 aliphatic carbocycles. The van der Waals surface area contributed by atoms with E-state index in [0.717, 1.165) is 17.0 Å². The molecule has 0 aliphatic heterocycles. The van der Waals surface area contributed by atoms with Gasteiger partial charge in [-0.1, -0.05) is 0 Å². The maximum Gasteiger partial charge on any atom is 0.350 e. The Kier molecular flexibility index (Phi) is 3.91. The lowest BCUT2D eigenvalue weighted by Crippen LogP contribution is -2.31. The van der Waals surface area contributed by atoms with Crippen molar-refractivity contribution in [3.8, 4) is 0 Å². The van der Waals surface area contributed by atoms with Gasteiger partial charge in [0.1, 0.15) is 0 Å². The van der Waals surface area contributed by atoms with Gasteiger partial charge in [0.15, 0.2) is 0 Å². The molecule has 0 atom stereocenters. The van der Waals surface area contributed by atoms with Gasteiger partial charge in [-0.2, -0.15) is 5.10 Å². The SMILES string of the molecule is NC(=O)NN=CCn1cc([N+](=O)[O-])c(=O)[nH]c1=O. The van der Waals surface area contributed by atoms with E-state index in [1.807, 2.05) is 5.43 Å². The highest BCUT2D eigenvalue weighted by atomic mass is 16.6. The molecule has 1 aromatic heterocycles. The van der Waals surface area contributed by atoms with Gasteiger partial charge >= 0.3 is 23.0 Å². The number of urea groups is 1. The van der Waals surface area contributed by atoms with Crippen molar-refractivity contribution in [2.75, 3.05) is 0 Å². The molecule has 0 aliphatic rings. The van der Waals surface area contributed by atoms with E-state index in [9.17, 15) is 24.5 Å². The molecule has 0 saturated carbocycles. The molecule has 11 nitrogen and oxygen atoms in total. The number of aromatic nitrogens is 2. The van der Waals surface area contributed by atoms with Crippen LogP contribution in [-0.4, -0.2) is 26.7 Å². The minimum atomic E-state index is -1.09. The number of hydrogen-bond donors (Lipinski definition) is 3. The van der Waals surface area contributed by atoms with Crippen LogP contribution in [0.1, 0.15) is 0 Å². The van der Waals surface area contributed by atoms with Crippen LogP contribution in [0.3, 0.4) is 0 Å². The fraction of sp³-hybridized carbons (Fsp3) is 0.143. The van der Waals surface area contributed by atoms with Crippen molar-refractivity contribution in [2.45, 2.75) is 6.54 Å². The van der Waals surface area contributed by atoms with Crippen LogP contribution in [0.2, 0.25) is 0 Å². The summed E-state index contributed by atoms with van der Waals surface area (Å²) in [4.78, 5) is 43.9. The molecular formula is C7H8N6O5. The van der Waals surface area contributed by atoms with E-state index < -0.39 is 27.9 Å². The van der Waals surface area contributed by atoms with E-state index in [1.54, 1.807) is 4.98 Å². The second-order valence-corrected chi connectivity index (χ2v) is 2.97. The highest BCUT2D eigenvalue weighted by molar-refractivity contribution is 5.72. The van der Waals surface area contributed by atoms with Crippen LogP contribution < -0.4 is 22.4 Å². The van der Waals surface area contributed by atoms with Crippen LogP contribution in [0.4, 0.5) is 10.5 Å². The zero-order valence-corrected chi connectivity index (χ0v) is 8.82. The van der Waals surface area contributed by atoms with Gasteiger partial charge in [-0.15, -0.1) is 0 Å². The van der Waals surface area contributed by atoms with Gasteiger partial charge in [-0.05, 0) is 0 Å². The fourth-order valence-electron chi connectivity index (χ4n) is 1.00. The molecule has 11 heteroatoms. The Hall–Kier alpha value is -2.98. The average Bonchev–Trinajstić information content (AvgIpc) is 2.25. The molecule has 0 radical (unpaired) electrons. The molecule has 0 aromatic carbocycles. The Bertz CT molecular complexity index is 613. The van der Waals surface area contributed by atoms with Gasteiger partial charge in [0, 0.05) is 6.21 Å². The number of carbonyl (C=O) groups excluding carboxylic acids is 1. The summed E-state index contributed by atoms with van der Waals surface area (Å²) < 4.78 is 0.839. The number of primary amides is 1. The molecule has 2 amide bonds.